The van der Waals surface area contributed by atoms with Crippen LogP contribution in [0.5, 0.6) is 11.5 Å². The maximum atomic E-state index is 10.0. The first-order valence-corrected chi connectivity index (χ1v) is 7.42. The molecule has 0 heterocycles. The van der Waals surface area contributed by atoms with Crippen LogP contribution in [0.3, 0.4) is 0 Å². The van der Waals surface area contributed by atoms with Crippen molar-refractivity contribution in [1.82, 2.24) is 5.32 Å². The van der Waals surface area contributed by atoms with Crippen molar-refractivity contribution in [2.75, 3.05) is 20.3 Å². The van der Waals surface area contributed by atoms with Crippen molar-refractivity contribution < 1.29 is 14.6 Å². The second-order valence-corrected chi connectivity index (χ2v) is 5.18. The van der Waals surface area contributed by atoms with Crippen LogP contribution in [0.15, 0.2) is 54.6 Å². The number of hydrogen-bond donors (Lipinski definition) is 2. The highest BCUT2D eigenvalue weighted by Crippen LogP contribution is 2.19. The molecule has 0 spiro atoms. The topological polar surface area (TPSA) is 50.7 Å². The van der Waals surface area contributed by atoms with Gasteiger partial charge in [-0.1, -0.05) is 36.4 Å². The molecule has 2 atom stereocenters. The van der Waals surface area contributed by atoms with E-state index in [0.29, 0.717) is 12.3 Å². The van der Waals surface area contributed by atoms with Crippen molar-refractivity contribution in [2.45, 2.75) is 19.1 Å². The third-order valence-corrected chi connectivity index (χ3v) is 3.44. The van der Waals surface area contributed by atoms with Crippen LogP contribution in [-0.4, -0.2) is 31.5 Å². The summed E-state index contributed by atoms with van der Waals surface area (Å²) < 4.78 is 10.7. The number of hydrogen-bond acceptors (Lipinski definition) is 4. The molecule has 0 bridgehead atoms. The van der Waals surface area contributed by atoms with E-state index in [0.717, 1.165) is 5.75 Å². The van der Waals surface area contributed by atoms with Gasteiger partial charge in [0.25, 0.3) is 0 Å². The zero-order chi connectivity index (χ0) is 15.8. The smallest absolute Gasteiger partial charge is 0.123 e. The quantitative estimate of drug-likeness (QED) is 0.787. The number of nitrogens with one attached hydrogen (secondary N) is 1. The monoisotopic (exact) mass is 301 g/mol. The minimum Gasteiger partial charge on any atom is -0.497 e. The first kappa shape index (κ1) is 16.3. The molecule has 0 saturated heterocycles. The fourth-order valence-corrected chi connectivity index (χ4v) is 2.11. The van der Waals surface area contributed by atoms with Crippen molar-refractivity contribution in [2.24, 2.45) is 0 Å². The summed E-state index contributed by atoms with van der Waals surface area (Å²) in [5.41, 5.74) is 1.20. The number of aliphatic hydroxyl groups excluding tert-OH is 1. The molecule has 2 aromatic rings. The Kier molecular flexibility index (Phi) is 6.25. The van der Waals surface area contributed by atoms with Gasteiger partial charge in [-0.2, -0.15) is 0 Å². The maximum absolute atomic E-state index is 10.0. The molecule has 0 amide bonds. The Hall–Kier alpha value is -2.04. The summed E-state index contributed by atoms with van der Waals surface area (Å²) in [4.78, 5) is 0. The van der Waals surface area contributed by atoms with E-state index in [4.69, 9.17) is 9.47 Å². The molecular formula is C18H23NO3. The molecule has 2 aromatic carbocycles. The average Bonchev–Trinajstić information content (AvgIpc) is 2.58. The van der Waals surface area contributed by atoms with Crippen molar-refractivity contribution in [3.63, 3.8) is 0 Å². The molecule has 0 radical (unpaired) electrons. The summed E-state index contributed by atoms with van der Waals surface area (Å²) in [6.07, 6.45) is -0.572. The molecule has 0 unspecified atom stereocenters. The van der Waals surface area contributed by atoms with Crippen LogP contribution in [0.25, 0.3) is 0 Å². The summed E-state index contributed by atoms with van der Waals surface area (Å²) >= 11 is 0. The molecule has 118 valence electrons. The van der Waals surface area contributed by atoms with Crippen LogP contribution < -0.4 is 14.8 Å². The molecule has 22 heavy (non-hydrogen) atoms. The Bertz CT molecular complexity index is 559. The third-order valence-electron chi connectivity index (χ3n) is 3.44. The second-order valence-electron chi connectivity index (χ2n) is 5.18. The number of aliphatic hydroxyl groups is 1. The molecule has 2 N–H and O–H groups in total. The van der Waals surface area contributed by atoms with E-state index < -0.39 is 6.10 Å². The van der Waals surface area contributed by atoms with Gasteiger partial charge in [-0.05, 0) is 24.6 Å². The SMILES string of the molecule is COc1cccc(OC[C@@H](O)CN[C@@H](C)c2ccccc2)c1. The second kappa shape index (κ2) is 8.41. The number of methoxy groups -OCH3 is 1. The zero-order valence-corrected chi connectivity index (χ0v) is 13.0. The van der Waals surface area contributed by atoms with E-state index in [9.17, 15) is 5.11 Å². The normalized spacial score (nSPS) is 13.4. The van der Waals surface area contributed by atoms with Crippen molar-refractivity contribution in [1.29, 1.82) is 0 Å². The highest BCUT2D eigenvalue weighted by molar-refractivity contribution is 5.32. The van der Waals surface area contributed by atoms with Crippen LogP contribution in [0.1, 0.15) is 18.5 Å². The molecule has 4 nitrogen and oxygen atoms in total. The van der Waals surface area contributed by atoms with Crippen LogP contribution in [-0.2, 0) is 0 Å². The van der Waals surface area contributed by atoms with E-state index in [1.165, 1.54) is 5.56 Å². The maximum Gasteiger partial charge on any atom is 0.123 e. The molecule has 0 aliphatic rings. The number of ether oxygens (including phenoxy) is 2. The van der Waals surface area contributed by atoms with E-state index in [1.54, 1.807) is 13.2 Å². The van der Waals surface area contributed by atoms with E-state index in [-0.39, 0.29) is 12.6 Å². The fourth-order valence-electron chi connectivity index (χ4n) is 2.11. The summed E-state index contributed by atoms with van der Waals surface area (Å²) in [6.45, 7) is 2.78. The van der Waals surface area contributed by atoms with Gasteiger partial charge in [-0.25, -0.2) is 0 Å². The first-order chi connectivity index (χ1) is 10.7. The Morgan fingerprint density at radius 1 is 1.05 bits per heavy atom. The van der Waals surface area contributed by atoms with Gasteiger partial charge in [-0.15, -0.1) is 0 Å². The van der Waals surface area contributed by atoms with Gasteiger partial charge < -0.3 is 19.9 Å². The Morgan fingerprint density at radius 3 is 2.50 bits per heavy atom. The van der Waals surface area contributed by atoms with Crippen LogP contribution in [0, 0.1) is 0 Å². The lowest BCUT2D eigenvalue weighted by molar-refractivity contribution is 0.104. The molecule has 0 aliphatic carbocycles. The Balaban J connectivity index is 1.74. The highest BCUT2D eigenvalue weighted by atomic mass is 16.5. The summed E-state index contributed by atoms with van der Waals surface area (Å²) in [5, 5.41) is 13.3. The van der Waals surface area contributed by atoms with Gasteiger partial charge in [0.2, 0.25) is 0 Å². The lowest BCUT2D eigenvalue weighted by Crippen LogP contribution is -2.33. The first-order valence-electron chi connectivity index (χ1n) is 7.42. The van der Waals surface area contributed by atoms with Gasteiger partial charge in [-0.3, -0.25) is 0 Å². The Morgan fingerprint density at radius 2 is 1.77 bits per heavy atom. The minimum absolute atomic E-state index is 0.188. The van der Waals surface area contributed by atoms with Gasteiger partial charge >= 0.3 is 0 Å². The molecule has 0 aromatic heterocycles. The van der Waals surface area contributed by atoms with Crippen molar-refractivity contribution >= 4 is 0 Å². The Labute approximate surface area is 131 Å². The summed E-state index contributed by atoms with van der Waals surface area (Å²) in [7, 11) is 1.61. The predicted molar refractivity (Wildman–Crippen MR) is 87.4 cm³/mol. The summed E-state index contributed by atoms with van der Waals surface area (Å²) in [5.74, 6) is 1.43. The molecule has 0 fully saturated rings. The van der Waals surface area contributed by atoms with Gasteiger partial charge in [0.15, 0.2) is 0 Å². The average molecular weight is 301 g/mol. The fraction of sp³-hybridized carbons (Fsp3) is 0.333. The predicted octanol–water partition coefficient (Wildman–Crippen LogP) is 2.79. The zero-order valence-electron chi connectivity index (χ0n) is 13.0. The number of rotatable bonds is 8. The summed E-state index contributed by atoms with van der Waals surface area (Å²) in [6, 6.07) is 17.7. The van der Waals surface area contributed by atoms with E-state index in [2.05, 4.69) is 24.4 Å². The van der Waals surface area contributed by atoms with Gasteiger partial charge in [0.05, 0.1) is 7.11 Å². The molecule has 4 heteroatoms. The highest BCUT2D eigenvalue weighted by Gasteiger charge is 2.09. The molecule has 0 saturated carbocycles. The van der Waals surface area contributed by atoms with E-state index >= 15 is 0 Å². The number of benzene rings is 2. The minimum atomic E-state index is -0.572. The lowest BCUT2D eigenvalue weighted by atomic mass is 10.1. The third kappa shape index (κ3) is 5.06. The van der Waals surface area contributed by atoms with Crippen LogP contribution in [0.4, 0.5) is 0 Å². The molecule has 2 rings (SSSR count). The standard InChI is InChI=1S/C18H23NO3/c1-14(15-7-4-3-5-8-15)19-12-16(20)13-22-18-10-6-9-17(11-18)21-2/h3-11,14,16,19-20H,12-13H2,1-2H3/t14-,16-/m0/s1. The van der Waals surface area contributed by atoms with Crippen LogP contribution in [0.2, 0.25) is 0 Å². The largest absolute Gasteiger partial charge is 0.497 e. The van der Waals surface area contributed by atoms with Crippen molar-refractivity contribution in [3.8, 4) is 11.5 Å². The van der Waals surface area contributed by atoms with Crippen LogP contribution >= 0.6 is 0 Å². The van der Waals surface area contributed by atoms with Gasteiger partial charge in [0.1, 0.15) is 24.2 Å². The lowest BCUT2D eigenvalue weighted by Gasteiger charge is -2.18. The van der Waals surface area contributed by atoms with E-state index in [1.807, 2.05) is 36.4 Å². The van der Waals surface area contributed by atoms with Crippen molar-refractivity contribution in [3.05, 3.63) is 60.2 Å². The molecular weight excluding hydrogens is 278 g/mol. The van der Waals surface area contributed by atoms with Gasteiger partial charge in [0, 0.05) is 18.7 Å². The molecule has 0 aliphatic heterocycles.